The number of nitrogens with one attached hydrogen (secondary N) is 1. The van der Waals surface area contributed by atoms with Gasteiger partial charge in [0.05, 0.1) is 25.3 Å². The van der Waals surface area contributed by atoms with Crippen molar-refractivity contribution in [3.8, 4) is 5.75 Å². The predicted octanol–water partition coefficient (Wildman–Crippen LogP) is 1.72. The lowest BCUT2D eigenvalue weighted by atomic mass is 10.2. The van der Waals surface area contributed by atoms with Gasteiger partial charge in [0.1, 0.15) is 5.75 Å². The number of hydrogen-bond donors (Lipinski definition) is 1. The first-order valence-electron chi connectivity index (χ1n) is 6.91. The summed E-state index contributed by atoms with van der Waals surface area (Å²) in [4.78, 5) is 25.5. The van der Waals surface area contributed by atoms with Crippen LogP contribution in [0.5, 0.6) is 5.75 Å². The van der Waals surface area contributed by atoms with Gasteiger partial charge in [0.25, 0.3) is 5.91 Å². The first-order chi connectivity index (χ1) is 9.67. The molecule has 1 aliphatic rings. The molecule has 108 valence electrons. The van der Waals surface area contributed by atoms with Crippen molar-refractivity contribution in [2.75, 3.05) is 18.6 Å². The smallest absolute Gasteiger partial charge is 0.251 e. The topological polar surface area (TPSA) is 58.6 Å². The second-order valence-electron chi connectivity index (χ2n) is 4.83. The third-order valence-corrected chi connectivity index (χ3v) is 3.40. The Morgan fingerprint density at radius 1 is 1.30 bits per heavy atom. The summed E-state index contributed by atoms with van der Waals surface area (Å²) in [6, 6.07) is 6.55. The molecule has 1 aromatic rings. The molecule has 0 aliphatic carbocycles. The Labute approximate surface area is 118 Å². The molecule has 1 aliphatic heterocycles. The summed E-state index contributed by atoms with van der Waals surface area (Å²) < 4.78 is 5.07. The van der Waals surface area contributed by atoms with E-state index in [1.807, 2.05) is 0 Å². The fourth-order valence-electron chi connectivity index (χ4n) is 2.25. The Kier molecular flexibility index (Phi) is 4.74. The minimum Gasteiger partial charge on any atom is -0.497 e. The van der Waals surface area contributed by atoms with E-state index in [9.17, 15) is 9.59 Å². The summed E-state index contributed by atoms with van der Waals surface area (Å²) in [5.41, 5.74) is 0.598. The predicted molar refractivity (Wildman–Crippen MR) is 76.8 cm³/mol. The monoisotopic (exact) mass is 276 g/mol. The minimum absolute atomic E-state index is 0.158. The van der Waals surface area contributed by atoms with Crippen molar-refractivity contribution >= 4 is 17.5 Å². The molecule has 0 aromatic heterocycles. The van der Waals surface area contributed by atoms with Crippen LogP contribution in [-0.4, -0.2) is 31.5 Å². The van der Waals surface area contributed by atoms with Crippen LogP contribution in [0.1, 0.15) is 26.2 Å². The summed E-state index contributed by atoms with van der Waals surface area (Å²) in [5, 5.41) is 3.15. The van der Waals surface area contributed by atoms with Gasteiger partial charge in [-0.2, -0.15) is 0 Å². The van der Waals surface area contributed by atoms with Gasteiger partial charge in [0, 0.05) is 0 Å². The van der Waals surface area contributed by atoms with Crippen LogP contribution < -0.4 is 15.0 Å². The van der Waals surface area contributed by atoms with Gasteiger partial charge in [-0.1, -0.05) is 13.3 Å². The van der Waals surface area contributed by atoms with E-state index in [0.29, 0.717) is 11.4 Å². The van der Waals surface area contributed by atoms with Crippen LogP contribution >= 0.6 is 0 Å². The number of carbonyl (C=O) groups excluding carboxylic acids is 2. The van der Waals surface area contributed by atoms with E-state index < -0.39 is 6.04 Å². The summed E-state index contributed by atoms with van der Waals surface area (Å²) >= 11 is 0. The molecule has 0 saturated carbocycles. The number of benzene rings is 1. The Balaban J connectivity index is 2.07. The van der Waals surface area contributed by atoms with Gasteiger partial charge < -0.3 is 10.1 Å². The molecule has 5 heteroatoms. The first kappa shape index (κ1) is 14.5. The van der Waals surface area contributed by atoms with E-state index in [-0.39, 0.29) is 18.2 Å². The Bertz CT molecular complexity index is 484. The molecule has 0 bridgehead atoms. The Hall–Kier alpha value is -1.88. The van der Waals surface area contributed by atoms with Crippen LogP contribution in [0.2, 0.25) is 0 Å². The van der Waals surface area contributed by atoms with Crippen LogP contribution in [0.3, 0.4) is 0 Å². The van der Waals surface area contributed by atoms with Crippen molar-refractivity contribution in [1.82, 2.24) is 5.32 Å². The standard InChI is InChI=1S/C15H20N2O3/c1-3-4-9-16-13-10-14(18)17(15(13)19)11-5-7-12(20-2)8-6-11/h5-8,13,16H,3-4,9-10H2,1-2H3. The lowest BCUT2D eigenvalue weighted by molar-refractivity contribution is -0.121. The van der Waals surface area contributed by atoms with Crippen LogP contribution in [0.25, 0.3) is 0 Å². The third kappa shape index (κ3) is 2.99. The molecule has 1 heterocycles. The average Bonchev–Trinajstić information content (AvgIpc) is 2.74. The second kappa shape index (κ2) is 6.52. The highest BCUT2D eigenvalue weighted by Gasteiger charge is 2.38. The number of unbranched alkanes of at least 4 members (excludes halogenated alkanes) is 1. The van der Waals surface area contributed by atoms with Gasteiger partial charge in [-0.25, -0.2) is 4.90 Å². The number of hydrogen-bond acceptors (Lipinski definition) is 4. The average molecular weight is 276 g/mol. The summed E-state index contributed by atoms with van der Waals surface area (Å²) in [6.45, 7) is 2.85. The van der Waals surface area contributed by atoms with Gasteiger partial charge in [0.2, 0.25) is 5.91 Å². The van der Waals surface area contributed by atoms with Gasteiger partial charge in [-0.05, 0) is 37.2 Å². The Morgan fingerprint density at radius 3 is 2.60 bits per heavy atom. The van der Waals surface area contributed by atoms with E-state index in [1.54, 1.807) is 31.4 Å². The maximum atomic E-state index is 12.3. The summed E-state index contributed by atoms with van der Waals surface area (Å²) in [6.07, 6.45) is 2.29. The van der Waals surface area contributed by atoms with Crippen LogP contribution in [0.4, 0.5) is 5.69 Å². The van der Waals surface area contributed by atoms with Crippen LogP contribution in [0.15, 0.2) is 24.3 Å². The third-order valence-electron chi connectivity index (χ3n) is 3.40. The van der Waals surface area contributed by atoms with Gasteiger partial charge in [-0.15, -0.1) is 0 Å². The largest absolute Gasteiger partial charge is 0.497 e. The fraction of sp³-hybridized carbons (Fsp3) is 0.467. The molecule has 0 spiro atoms. The van der Waals surface area contributed by atoms with Crippen LogP contribution in [-0.2, 0) is 9.59 Å². The molecule has 1 unspecified atom stereocenters. The molecule has 1 aromatic carbocycles. The van der Waals surface area contributed by atoms with Gasteiger partial charge >= 0.3 is 0 Å². The SMILES string of the molecule is CCCCNC1CC(=O)N(c2ccc(OC)cc2)C1=O. The highest BCUT2D eigenvalue weighted by Crippen LogP contribution is 2.25. The number of anilines is 1. The second-order valence-corrected chi connectivity index (χ2v) is 4.83. The molecule has 5 nitrogen and oxygen atoms in total. The number of nitrogens with zero attached hydrogens (tertiary/aromatic N) is 1. The number of imide groups is 1. The van der Waals surface area contributed by atoms with Crippen LogP contribution in [0, 0.1) is 0 Å². The number of methoxy groups -OCH3 is 1. The van der Waals surface area contributed by atoms with Crippen molar-refractivity contribution < 1.29 is 14.3 Å². The highest BCUT2D eigenvalue weighted by atomic mass is 16.5. The zero-order valence-electron chi connectivity index (χ0n) is 11.9. The van der Waals surface area contributed by atoms with Crippen molar-refractivity contribution in [1.29, 1.82) is 0 Å². The quantitative estimate of drug-likeness (QED) is 0.635. The molecule has 20 heavy (non-hydrogen) atoms. The number of rotatable bonds is 6. The summed E-state index contributed by atoms with van der Waals surface area (Å²) in [7, 11) is 1.58. The van der Waals surface area contributed by atoms with E-state index in [4.69, 9.17) is 4.74 Å². The minimum atomic E-state index is -0.392. The van der Waals surface area contributed by atoms with Gasteiger partial charge in [-0.3, -0.25) is 9.59 Å². The zero-order valence-corrected chi connectivity index (χ0v) is 11.9. The number of carbonyl (C=O) groups is 2. The molecule has 1 atom stereocenters. The molecular formula is C15H20N2O3. The fourth-order valence-corrected chi connectivity index (χ4v) is 2.25. The lowest BCUT2D eigenvalue weighted by Crippen LogP contribution is -2.39. The first-order valence-corrected chi connectivity index (χ1v) is 6.91. The molecule has 2 rings (SSSR count). The molecule has 1 N–H and O–H groups in total. The van der Waals surface area contributed by atoms with E-state index in [0.717, 1.165) is 19.4 Å². The van der Waals surface area contributed by atoms with Crippen molar-refractivity contribution in [2.24, 2.45) is 0 Å². The van der Waals surface area contributed by atoms with Gasteiger partial charge in [0.15, 0.2) is 0 Å². The molecule has 0 radical (unpaired) electrons. The molecule has 2 amide bonds. The Morgan fingerprint density at radius 2 is 2.00 bits per heavy atom. The summed E-state index contributed by atoms with van der Waals surface area (Å²) in [5.74, 6) is 0.371. The van der Waals surface area contributed by atoms with Crippen molar-refractivity contribution in [2.45, 2.75) is 32.2 Å². The zero-order chi connectivity index (χ0) is 14.5. The lowest BCUT2D eigenvalue weighted by Gasteiger charge is -2.15. The molecule has 1 fully saturated rings. The van der Waals surface area contributed by atoms with E-state index in [2.05, 4.69) is 12.2 Å². The molecule has 1 saturated heterocycles. The van der Waals surface area contributed by atoms with E-state index in [1.165, 1.54) is 4.90 Å². The molecular weight excluding hydrogens is 256 g/mol. The maximum absolute atomic E-state index is 12.3. The van der Waals surface area contributed by atoms with E-state index >= 15 is 0 Å². The van der Waals surface area contributed by atoms with Crippen molar-refractivity contribution in [3.63, 3.8) is 0 Å². The number of amides is 2. The van der Waals surface area contributed by atoms with Crippen molar-refractivity contribution in [3.05, 3.63) is 24.3 Å². The maximum Gasteiger partial charge on any atom is 0.251 e. The normalized spacial score (nSPS) is 18.7. The number of ether oxygens (including phenoxy) is 1. The highest BCUT2D eigenvalue weighted by molar-refractivity contribution is 6.22.